The highest BCUT2D eigenvalue weighted by molar-refractivity contribution is 6.31. The molecule has 0 aromatic heterocycles. The molecule has 0 aliphatic carbocycles. The van der Waals surface area contributed by atoms with Gasteiger partial charge in [-0.15, -0.1) is 0 Å². The highest BCUT2D eigenvalue weighted by Crippen LogP contribution is 2.26. The zero-order valence-corrected chi connectivity index (χ0v) is 12.5. The highest BCUT2D eigenvalue weighted by atomic mass is 35.5. The van der Waals surface area contributed by atoms with Crippen LogP contribution in [0.15, 0.2) is 42.5 Å². The summed E-state index contributed by atoms with van der Waals surface area (Å²) in [6, 6.07) is 11.3. The molecule has 0 bridgehead atoms. The first kappa shape index (κ1) is 15.8. The van der Waals surface area contributed by atoms with Gasteiger partial charge in [0.2, 0.25) is 0 Å². The van der Waals surface area contributed by atoms with Crippen molar-refractivity contribution in [1.82, 2.24) is 5.32 Å². The Morgan fingerprint density at radius 3 is 2.48 bits per heavy atom. The lowest BCUT2D eigenvalue weighted by Crippen LogP contribution is -2.18. The number of nitrogens with one attached hydrogen (secondary N) is 1. The van der Waals surface area contributed by atoms with Crippen molar-refractivity contribution < 1.29 is 13.9 Å². The Morgan fingerprint density at radius 2 is 1.81 bits per heavy atom. The lowest BCUT2D eigenvalue weighted by Gasteiger charge is -2.10. The van der Waals surface area contributed by atoms with Crippen LogP contribution in [-0.2, 0) is 11.3 Å². The molecule has 0 fully saturated rings. The second kappa shape index (κ2) is 7.98. The van der Waals surface area contributed by atoms with Crippen LogP contribution in [0.2, 0.25) is 5.02 Å². The van der Waals surface area contributed by atoms with Gasteiger partial charge < -0.3 is 14.8 Å². The summed E-state index contributed by atoms with van der Waals surface area (Å²) in [5.41, 5.74) is 0.985. The predicted molar refractivity (Wildman–Crippen MR) is 81.5 cm³/mol. The average molecular weight is 310 g/mol. The van der Waals surface area contributed by atoms with E-state index in [0.29, 0.717) is 29.7 Å². The molecule has 0 saturated carbocycles. The van der Waals surface area contributed by atoms with Crippen LogP contribution in [0, 0.1) is 5.82 Å². The first-order chi connectivity index (χ1) is 10.2. The second-order valence-corrected chi connectivity index (χ2v) is 4.89. The van der Waals surface area contributed by atoms with Gasteiger partial charge in [-0.1, -0.05) is 17.7 Å². The molecule has 1 N–H and O–H groups in total. The van der Waals surface area contributed by atoms with E-state index >= 15 is 0 Å². The van der Waals surface area contributed by atoms with Gasteiger partial charge in [0.15, 0.2) is 0 Å². The molecule has 0 unspecified atom stereocenters. The van der Waals surface area contributed by atoms with Crippen molar-refractivity contribution in [3.8, 4) is 11.5 Å². The SMILES string of the molecule is COCCNCc1ccc(Oc2ccc(F)cc2)cc1Cl. The maximum atomic E-state index is 12.8. The van der Waals surface area contributed by atoms with Crippen LogP contribution in [-0.4, -0.2) is 20.3 Å². The zero-order valence-electron chi connectivity index (χ0n) is 11.7. The normalized spacial score (nSPS) is 10.6. The first-order valence-electron chi connectivity index (χ1n) is 6.60. The third-order valence-corrected chi connectivity index (χ3v) is 3.22. The van der Waals surface area contributed by atoms with Crippen LogP contribution >= 0.6 is 11.6 Å². The summed E-state index contributed by atoms with van der Waals surface area (Å²) < 4.78 is 23.4. The molecular formula is C16H17ClFNO2. The molecule has 0 radical (unpaired) electrons. The molecule has 21 heavy (non-hydrogen) atoms. The topological polar surface area (TPSA) is 30.5 Å². The summed E-state index contributed by atoms with van der Waals surface area (Å²) in [5, 5.41) is 3.85. The number of benzene rings is 2. The van der Waals surface area contributed by atoms with Crippen LogP contribution in [0.1, 0.15) is 5.56 Å². The first-order valence-corrected chi connectivity index (χ1v) is 6.98. The average Bonchev–Trinajstić information content (AvgIpc) is 2.48. The fourth-order valence-corrected chi connectivity index (χ4v) is 2.01. The van der Waals surface area contributed by atoms with Gasteiger partial charge >= 0.3 is 0 Å². The van der Waals surface area contributed by atoms with E-state index in [-0.39, 0.29) is 5.82 Å². The quantitative estimate of drug-likeness (QED) is 0.784. The third kappa shape index (κ3) is 5.01. The fourth-order valence-electron chi connectivity index (χ4n) is 1.77. The fraction of sp³-hybridized carbons (Fsp3) is 0.250. The van der Waals surface area contributed by atoms with Gasteiger partial charge in [0.1, 0.15) is 17.3 Å². The molecule has 0 saturated heterocycles. The van der Waals surface area contributed by atoms with Crippen molar-refractivity contribution in [3.63, 3.8) is 0 Å². The van der Waals surface area contributed by atoms with Crippen molar-refractivity contribution in [1.29, 1.82) is 0 Å². The summed E-state index contributed by atoms with van der Waals surface area (Å²) >= 11 is 6.22. The summed E-state index contributed by atoms with van der Waals surface area (Å²) in [7, 11) is 1.66. The van der Waals surface area contributed by atoms with E-state index < -0.39 is 0 Å². The minimum Gasteiger partial charge on any atom is -0.457 e. The van der Waals surface area contributed by atoms with Crippen molar-refractivity contribution in [2.75, 3.05) is 20.3 Å². The van der Waals surface area contributed by atoms with Gasteiger partial charge in [-0.2, -0.15) is 0 Å². The Labute approximate surface area is 128 Å². The van der Waals surface area contributed by atoms with Crippen molar-refractivity contribution in [2.45, 2.75) is 6.54 Å². The number of methoxy groups -OCH3 is 1. The van der Waals surface area contributed by atoms with Gasteiger partial charge in [-0.25, -0.2) is 4.39 Å². The van der Waals surface area contributed by atoms with E-state index in [1.165, 1.54) is 12.1 Å². The maximum Gasteiger partial charge on any atom is 0.128 e. The van der Waals surface area contributed by atoms with Crippen molar-refractivity contribution in [3.05, 3.63) is 58.9 Å². The number of halogens is 2. The lowest BCUT2D eigenvalue weighted by molar-refractivity contribution is 0.199. The molecule has 3 nitrogen and oxygen atoms in total. The molecule has 0 spiro atoms. The van der Waals surface area contributed by atoms with E-state index in [1.807, 2.05) is 12.1 Å². The van der Waals surface area contributed by atoms with Gasteiger partial charge in [-0.3, -0.25) is 0 Å². The molecular weight excluding hydrogens is 293 g/mol. The molecule has 0 heterocycles. The van der Waals surface area contributed by atoms with Crippen LogP contribution in [0.4, 0.5) is 4.39 Å². The summed E-state index contributed by atoms with van der Waals surface area (Å²) in [4.78, 5) is 0. The Kier molecular flexibility index (Phi) is 5.99. The van der Waals surface area contributed by atoms with Gasteiger partial charge in [0.05, 0.1) is 6.61 Å². The summed E-state index contributed by atoms with van der Waals surface area (Å²) in [6.45, 7) is 2.09. The molecule has 2 rings (SSSR count). The molecule has 5 heteroatoms. The minimum atomic E-state index is -0.294. The maximum absolute atomic E-state index is 12.8. The van der Waals surface area contributed by atoms with Crippen molar-refractivity contribution in [2.24, 2.45) is 0 Å². The van der Waals surface area contributed by atoms with Crippen LogP contribution in [0.3, 0.4) is 0 Å². The molecule has 112 valence electrons. The Hall–Kier alpha value is -1.62. The van der Waals surface area contributed by atoms with Crippen molar-refractivity contribution >= 4 is 11.6 Å². The van der Waals surface area contributed by atoms with Gasteiger partial charge in [0, 0.05) is 25.2 Å². The molecule has 0 amide bonds. The predicted octanol–water partition coefficient (Wildman–Crippen LogP) is 4.01. The number of rotatable bonds is 7. The Bertz CT molecular complexity index is 575. The molecule has 0 atom stereocenters. The van der Waals surface area contributed by atoms with E-state index in [2.05, 4.69) is 5.32 Å². The lowest BCUT2D eigenvalue weighted by atomic mass is 10.2. The van der Waals surface area contributed by atoms with Crippen LogP contribution < -0.4 is 10.1 Å². The molecule has 2 aromatic rings. The Balaban J connectivity index is 1.96. The second-order valence-electron chi connectivity index (χ2n) is 4.48. The number of hydrogen-bond donors (Lipinski definition) is 1. The van der Waals surface area contributed by atoms with E-state index in [4.69, 9.17) is 21.1 Å². The van der Waals surface area contributed by atoms with Gasteiger partial charge in [0.25, 0.3) is 0 Å². The van der Waals surface area contributed by atoms with Crippen LogP contribution in [0.5, 0.6) is 11.5 Å². The van der Waals surface area contributed by atoms with E-state index in [9.17, 15) is 4.39 Å². The molecule has 2 aromatic carbocycles. The largest absolute Gasteiger partial charge is 0.457 e. The highest BCUT2D eigenvalue weighted by Gasteiger charge is 2.04. The van der Waals surface area contributed by atoms with Gasteiger partial charge in [-0.05, 0) is 42.0 Å². The summed E-state index contributed by atoms with van der Waals surface area (Å²) in [6.07, 6.45) is 0. The summed E-state index contributed by atoms with van der Waals surface area (Å²) in [5.74, 6) is 0.892. The third-order valence-electron chi connectivity index (χ3n) is 2.87. The number of ether oxygens (including phenoxy) is 2. The zero-order chi connectivity index (χ0) is 15.1. The molecule has 0 aliphatic heterocycles. The minimum absolute atomic E-state index is 0.294. The molecule has 0 aliphatic rings. The van der Waals surface area contributed by atoms with E-state index in [0.717, 1.165) is 12.1 Å². The Morgan fingerprint density at radius 1 is 1.10 bits per heavy atom. The number of hydrogen-bond acceptors (Lipinski definition) is 3. The van der Waals surface area contributed by atoms with Crippen LogP contribution in [0.25, 0.3) is 0 Å². The standard InChI is InChI=1S/C16H17ClFNO2/c1-20-9-8-19-11-12-2-5-15(10-16(12)17)21-14-6-3-13(18)4-7-14/h2-7,10,19H,8-9,11H2,1H3. The smallest absolute Gasteiger partial charge is 0.128 e. The van der Waals surface area contributed by atoms with E-state index in [1.54, 1.807) is 25.3 Å². The monoisotopic (exact) mass is 309 g/mol.